The van der Waals surface area contributed by atoms with Crippen LogP contribution in [0.3, 0.4) is 0 Å². The molecule has 0 aliphatic carbocycles. The van der Waals surface area contributed by atoms with Gasteiger partial charge in [0.05, 0.1) is 20.2 Å². The highest BCUT2D eigenvalue weighted by Crippen LogP contribution is 2.16. The average molecular weight is 355 g/mol. The zero-order valence-corrected chi connectivity index (χ0v) is 15.4. The first-order valence-electron chi connectivity index (χ1n) is 8.51. The van der Waals surface area contributed by atoms with E-state index in [9.17, 15) is 9.59 Å². The molecule has 2 amide bonds. The third kappa shape index (κ3) is 6.22. The number of hydrogen-bond donors (Lipinski definition) is 2. The Balaban J connectivity index is 1.81. The number of carbonyl (C=O) groups is 2. The van der Waals surface area contributed by atoms with Crippen LogP contribution in [0.4, 0.5) is 11.4 Å². The van der Waals surface area contributed by atoms with Crippen LogP contribution < -0.4 is 15.4 Å². The standard InChI is InChI=1S/C20H25N3O3/c1-4-15-7-5-8-16(11-15)21-19(24)13-23(2)14-20(25)22-17-9-6-10-18(12-17)26-3/h5-12H,4,13-14H2,1-3H3,(H,21,24)(H,22,25). The number of methoxy groups -OCH3 is 1. The van der Waals surface area contributed by atoms with E-state index in [1.165, 1.54) is 0 Å². The van der Waals surface area contributed by atoms with Gasteiger partial charge in [0.1, 0.15) is 5.75 Å². The summed E-state index contributed by atoms with van der Waals surface area (Å²) in [6, 6.07) is 14.9. The van der Waals surface area contributed by atoms with Crippen molar-refractivity contribution in [2.45, 2.75) is 13.3 Å². The van der Waals surface area contributed by atoms with Crippen LogP contribution in [-0.4, -0.2) is 44.0 Å². The summed E-state index contributed by atoms with van der Waals surface area (Å²) in [7, 11) is 3.30. The number of nitrogens with zero attached hydrogens (tertiary/aromatic N) is 1. The third-order valence-corrected chi connectivity index (χ3v) is 3.80. The lowest BCUT2D eigenvalue weighted by atomic mass is 10.1. The third-order valence-electron chi connectivity index (χ3n) is 3.80. The van der Waals surface area contributed by atoms with Gasteiger partial charge in [-0.05, 0) is 43.3 Å². The van der Waals surface area contributed by atoms with Gasteiger partial charge in [0.2, 0.25) is 11.8 Å². The minimum atomic E-state index is -0.193. The number of rotatable bonds is 8. The first-order chi connectivity index (χ1) is 12.5. The van der Waals surface area contributed by atoms with Crippen LogP contribution in [0.5, 0.6) is 5.75 Å². The normalized spacial score (nSPS) is 10.5. The van der Waals surface area contributed by atoms with Gasteiger partial charge in [-0.3, -0.25) is 14.5 Å². The van der Waals surface area contributed by atoms with Crippen molar-refractivity contribution in [3.05, 3.63) is 54.1 Å². The molecule has 6 nitrogen and oxygen atoms in total. The summed E-state index contributed by atoms with van der Waals surface area (Å²) in [5.74, 6) is 0.321. The van der Waals surface area contributed by atoms with Gasteiger partial charge >= 0.3 is 0 Å². The van der Waals surface area contributed by atoms with Crippen molar-refractivity contribution < 1.29 is 14.3 Å². The molecule has 0 saturated heterocycles. The summed E-state index contributed by atoms with van der Waals surface area (Å²) in [6.07, 6.45) is 0.911. The first kappa shape index (κ1) is 19.5. The number of nitrogens with one attached hydrogen (secondary N) is 2. The zero-order chi connectivity index (χ0) is 18.9. The van der Waals surface area contributed by atoms with Crippen LogP contribution >= 0.6 is 0 Å². The van der Waals surface area contributed by atoms with Crippen molar-refractivity contribution in [3.8, 4) is 5.75 Å². The number of likely N-dealkylation sites (N-methyl/N-ethyl adjacent to an activating group) is 1. The maximum Gasteiger partial charge on any atom is 0.238 e. The number of aryl methyl sites for hydroxylation is 1. The summed E-state index contributed by atoms with van der Waals surface area (Å²) >= 11 is 0. The van der Waals surface area contributed by atoms with E-state index in [1.54, 1.807) is 43.3 Å². The van der Waals surface area contributed by atoms with Crippen molar-refractivity contribution in [2.75, 3.05) is 37.9 Å². The second-order valence-electron chi connectivity index (χ2n) is 6.05. The second kappa shape index (κ2) is 9.58. The summed E-state index contributed by atoms with van der Waals surface area (Å²) in [4.78, 5) is 25.9. The number of benzene rings is 2. The van der Waals surface area contributed by atoms with Crippen LogP contribution in [0, 0.1) is 0 Å². The Kier molecular flexibility index (Phi) is 7.17. The van der Waals surface area contributed by atoms with Crippen molar-refractivity contribution in [3.63, 3.8) is 0 Å². The Morgan fingerprint density at radius 1 is 0.962 bits per heavy atom. The van der Waals surface area contributed by atoms with Gasteiger partial charge in [0, 0.05) is 17.4 Å². The smallest absolute Gasteiger partial charge is 0.238 e. The van der Waals surface area contributed by atoms with Crippen LogP contribution in [0.1, 0.15) is 12.5 Å². The average Bonchev–Trinajstić information content (AvgIpc) is 2.61. The highest BCUT2D eigenvalue weighted by Gasteiger charge is 2.11. The minimum absolute atomic E-state index is 0.111. The fraction of sp³-hybridized carbons (Fsp3) is 0.300. The SMILES string of the molecule is CCc1cccc(NC(=O)CN(C)CC(=O)Nc2cccc(OC)c2)c1. The molecule has 0 heterocycles. The van der Waals surface area contributed by atoms with Gasteiger partial charge in [-0.1, -0.05) is 25.1 Å². The lowest BCUT2D eigenvalue weighted by molar-refractivity contribution is -0.119. The van der Waals surface area contributed by atoms with Crippen LogP contribution in [-0.2, 0) is 16.0 Å². The molecule has 0 fully saturated rings. The molecule has 0 unspecified atom stereocenters. The zero-order valence-electron chi connectivity index (χ0n) is 15.4. The second-order valence-corrected chi connectivity index (χ2v) is 6.05. The monoisotopic (exact) mass is 355 g/mol. The highest BCUT2D eigenvalue weighted by atomic mass is 16.5. The summed E-state index contributed by atoms with van der Waals surface area (Å²) in [5, 5.41) is 5.65. The van der Waals surface area contributed by atoms with Crippen molar-refractivity contribution in [2.24, 2.45) is 0 Å². The molecule has 0 radical (unpaired) electrons. The Morgan fingerprint density at radius 2 is 1.54 bits per heavy atom. The van der Waals surface area contributed by atoms with E-state index in [4.69, 9.17) is 4.74 Å². The maximum atomic E-state index is 12.1. The van der Waals surface area contributed by atoms with Gasteiger partial charge in [0.25, 0.3) is 0 Å². The lowest BCUT2D eigenvalue weighted by Gasteiger charge is -2.16. The van der Waals surface area contributed by atoms with Crippen molar-refractivity contribution in [1.29, 1.82) is 0 Å². The van der Waals surface area contributed by atoms with E-state index in [2.05, 4.69) is 17.6 Å². The Labute approximate surface area is 154 Å². The predicted octanol–water partition coefficient (Wildman–Crippen LogP) is 2.77. The molecule has 0 saturated carbocycles. The van der Waals surface area contributed by atoms with E-state index >= 15 is 0 Å². The van der Waals surface area contributed by atoms with Gasteiger partial charge < -0.3 is 15.4 Å². The molecule has 2 N–H and O–H groups in total. The molecule has 2 aromatic rings. The Morgan fingerprint density at radius 3 is 2.12 bits per heavy atom. The number of carbonyl (C=O) groups excluding carboxylic acids is 2. The maximum absolute atomic E-state index is 12.1. The number of amides is 2. The minimum Gasteiger partial charge on any atom is -0.497 e. The number of anilines is 2. The Bertz CT molecular complexity index is 698. The molecule has 2 rings (SSSR count). The molecule has 0 aromatic heterocycles. The molecule has 6 heteroatoms. The quantitative estimate of drug-likeness (QED) is 0.764. The van der Waals surface area contributed by atoms with E-state index < -0.39 is 0 Å². The predicted molar refractivity (Wildman–Crippen MR) is 104 cm³/mol. The van der Waals surface area contributed by atoms with Crippen molar-refractivity contribution >= 4 is 23.2 Å². The van der Waals surface area contributed by atoms with E-state index in [-0.39, 0.29) is 24.9 Å². The van der Waals surface area contributed by atoms with Crippen LogP contribution in [0.2, 0.25) is 0 Å². The van der Waals surface area contributed by atoms with Gasteiger partial charge in [-0.2, -0.15) is 0 Å². The first-order valence-corrected chi connectivity index (χ1v) is 8.51. The fourth-order valence-corrected chi connectivity index (χ4v) is 2.52. The molecule has 26 heavy (non-hydrogen) atoms. The molecule has 0 atom stereocenters. The van der Waals surface area contributed by atoms with Gasteiger partial charge in [-0.25, -0.2) is 0 Å². The summed E-state index contributed by atoms with van der Waals surface area (Å²) in [6.45, 7) is 2.30. The van der Waals surface area contributed by atoms with Gasteiger partial charge in [-0.15, -0.1) is 0 Å². The molecule has 0 bridgehead atoms. The Hall–Kier alpha value is -2.86. The van der Waals surface area contributed by atoms with E-state index in [0.29, 0.717) is 11.4 Å². The van der Waals surface area contributed by atoms with E-state index in [1.807, 2.05) is 24.3 Å². The molecule has 0 spiro atoms. The number of hydrogen-bond acceptors (Lipinski definition) is 4. The summed E-state index contributed by atoms with van der Waals surface area (Å²) in [5.41, 5.74) is 2.58. The molecule has 2 aromatic carbocycles. The van der Waals surface area contributed by atoms with E-state index in [0.717, 1.165) is 17.7 Å². The molecular formula is C20H25N3O3. The van der Waals surface area contributed by atoms with Gasteiger partial charge in [0.15, 0.2) is 0 Å². The van der Waals surface area contributed by atoms with Crippen LogP contribution in [0.15, 0.2) is 48.5 Å². The largest absolute Gasteiger partial charge is 0.497 e. The number of ether oxygens (including phenoxy) is 1. The summed E-state index contributed by atoms with van der Waals surface area (Å²) < 4.78 is 5.13. The molecule has 0 aliphatic rings. The molecular weight excluding hydrogens is 330 g/mol. The van der Waals surface area contributed by atoms with Crippen molar-refractivity contribution in [1.82, 2.24) is 4.90 Å². The molecule has 138 valence electrons. The molecule has 0 aliphatic heterocycles. The lowest BCUT2D eigenvalue weighted by Crippen LogP contribution is -2.36. The fourth-order valence-electron chi connectivity index (χ4n) is 2.52. The van der Waals surface area contributed by atoms with Crippen LogP contribution in [0.25, 0.3) is 0 Å². The topological polar surface area (TPSA) is 70.7 Å². The highest BCUT2D eigenvalue weighted by molar-refractivity contribution is 5.94.